The van der Waals surface area contributed by atoms with Crippen LogP contribution in [0.5, 0.6) is 0 Å². The van der Waals surface area contributed by atoms with E-state index in [1.807, 2.05) is 32.6 Å². The molecule has 1 aromatic heterocycles. The van der Waals surface area contributed by atoms with Crippen molar-refractivity contribution in [2.45, 2.75) is 104 Å². The molecule has 2 atom stereocenters. The van der Waals surface area contributed by atoms with Crippen molar-refractivity contribution in [3.05, 3.63) is 12.4 Å². The van der Waals surface area contributed by atoms with E-state index in [4.69, 9.17) is 14.0 Å². The van der Waals surface area contributed by atoms with Crippen molar-refractivity contribution in [1.29, 1.82) is 0 Å². The van der Waals surface area contributed by atoms with Gasteiger partial charge in [-0.05, 0) is 74.7 Å². The van der Waals surface area contributed by atoms with Gasteiger partial charge in [0.1, 0.15) is 11.6 Å². The molecule has 2 aliphatic rings. The van der Waals surface area contributed by atoms with Crippen molar-refractivity contribution in [2.75, 3.05) is 18.4 Å². The minimum atomic E-state index is -0.680. The number of hydrogen-bond acceptors (Lipinski definition) is 8. The lowest BCUT2D eigenvalue weighted by molar-refractivity contribution is -0.136. The zero-order valence-electron chi connectivity index (χ0n) is 22.3. The molecule has 0 aromatic carbocycles. The van der Waals surface area contributed by atoms with E-state index in [1.54, 1.807) is 40.1 Å². The Bertz CT molecular complexity index is 887. The normalized spacial score (nSPS) is 22.5. The monoisotopic (exact) mass is 489 g/mol. The van der Waals surface area contributed by atoms with Crippen molar-refractivity contribution in [3.8, 4) is 0 Å². The van der Waals surface area contributed by atoms with Gasteiger partial charge in [0.15, 0.2) is 0 Å². The number of nitrogens with zero attached hydrogens (tertiary/aromatic N) is 3. The number of carbonyl (C=O) groups is 2. The predicted octanol–water partition coefficient (Wildman–Crippen LogP) is 2.48. The van der Waals surface area contributed by atoms with Gasteiger partial charge in [-0.3, -0.25) is 4.79 Å². The average molecular weight is 489 g/mol. The standard InChI is InChI=1S/C24H40BN5O5/c1-16(29-21(32)33-22(2,3)4)19(31)30-12-10-9-11-18(30)15-28-20-26-13-17(14-27-20)25-34-23(5,6)24(7,8)35-25/h13-14,16,18H,9-12,15H2,1-8H3,(H,29,32)(H,26,27,28). The molecule has 1 aromatic rings. The Morgan fingerprint density at radius 2 is 1.77 bits per heavy atom. The van der Waals surface area contributed by atoms with Crippen molar-refractivity contribution in [2.24, 2.45) is 0 Å². The van der Waals surface area contributed by atoms with E-state index in [-0.39, 0.29) is 11.9 Å². The van der Waals surface area contributed by atoms with Crippen LogP contribution < -0.4 is 16.1 Å². The number of rotatable bonds is 6. The van der Waals surface area contributed by atoms with Gasteiger partial charge in [0.05, 0.1) is 11.2 Å². The fraction of sp³-hybridized carbons (Fsp3) is 0.750. The summed E-state index contributed by atoms with van der Waals surface area (Å²) in [5.74, 6) is 0.350. The van der Waals surface area contributed by atoms with Crippen LogP contribution in [-0.4, -0.2) is 76.0 Å². The molecule has 2 amide bonds. The lowest BCUT2D eigenvalue weighted by atomic mass is 9.81. The van der Waals surface area contributed by atoms with E-state index in [0.29, 0.717) is 19.0 Å². The Morgan fingerprint density at radius 1 is 1.17 bits per heavy atom. The average Bonchev–Trinajstić information content (AvgIpc) is 2.97. The van der Waals surface area contributed by atoms with Crippen LogP contribution >= 0.6 is 0 Å². The van der Waals surface area contributed by atoms with Gasteiger partial charge in [0, 0.05) is 37.0 Å². The molecule has 0 radical (unpaired) electrons. The highest BCUT2D eigenvalue weighted by Gasteiger charge is 2.52. The van der Waals surface area contributed by atoms with Gasteiger partial charge >= 0.3 is 13.2 Å². The van der Waals surface area contributed by atoms with Crippen LogP contribution in [0, 0.1) is 0 Å². The molecular weight excluding hydrogens is 449 g/mol. The van der Waals surface area contributed by atoms with Crippen molar-refractivity contribution < 1.29 is 23.6 Å². The van der Waals surface area contributed by atoms with Gasteiger partial charge in [0.2, 0.25) is 11.9 Å². The Balaban J connectivity index is 1.56. The van der Waals surface area contributed by atoms with Crippen molar-refractivity contribution in [1.82, 2.24) is 20.2 Å². The molecule has 2 fully saturated rings. The lowest BCUT2D eigenvalue weighted by Gasteiger charge is -2.37. The van der Waals surface area contributed by atoms with Crippen LogP contribution in [0.4, 0.5) is 10.7 Å². The third-order valence-corrected chi connectivity index (χ3v) is 6.71. The van der Waals surface area contributed by atoms with Gasteiger partial charge in [-0.2, -0.15) is 0 Å². The van der Waals surface area contributed by atoms with Gasteiger partial charge in [-0.25, -0.2) is 14.8 Å². The second-order valence-corrected chi connectivity index (χ2v) is 11.4. The van der Waals surface area contributed by atoms with Crippen LogP contribution in [-0.2, 0) is 18.8 Å². The summed E-state index contributed by atoms with van der Waals surface area (Å²) in [6, 6.07) is -0.702. The number of alkyl carbamates (subject to hydrolysis) is 1. The number of nitrogens with one attached hydrogen (secondary N) is 2. The van der Waals surface area contributed by atoms with E-state index < -0.39 is 36.1 Å². The third kappa shape index (κ3) is 6.85. The number of hydrogen-bond donors (Lipinski definition) is 2. The highest BCUT2D eigenvalue weighted by Crippen LogP contribution is 2.36. The molecule has 2 unspecified atom stereocenters. The summed E-state index contributed by atoms with van der Waals surface area (Å²) in [5.41, 5.74) is -0.726. The molecule has 2 N–H and O–H groups in total. The van der Waals surface area contributed by atoms with Crippen LogP contribution in [0.3, 0.4) is 0 Å². The minimum absolute atomic E-state index is 0.0227. The molecule has 35 heavy (non-hydrogen) atoms. The number of likely N-dealkylation sites (tertiary alicyclic amines) is 1. The maximum absolute atomic E-state index is 13.1. The summed E-state index contributed by atoms with van der Waals surface area (Å²) in [5, 5.41) is 5.90. The fourth-order valence-corrected chi connectivity index (χ4v) is 4.04. The Labute approximate surface area is 209 Å². The first kappa shape index (κ1) is 27.2. The first-order valence-corrected chi connectivity index (χ1v) is 12.4. The van der Waals surface area contributed by atoms with Gasteiger partial charge in [-0.1, -0.05) is 0 Å². The summed E-state index contributed by atoms with van der Waals surface area (Å²) in [6.45, 7) is 16.2. The summed E-state index contributed by atoms with van der Waals surface area (Å²) in [6.07, 6.45) is 5.64. The predicted molar refractivity (Wildman–Crippen MR) is 134 cm³/mol. The quantitative estimate of drug-likeness (QED) is 0.586. The molecule has 3 heterocycles. The van der Waals surface area contributed by atoms with Crippen LogP contribution in [0.1, 0.15) is 74.7 Å². The molecule has 3 rings (SSSR count). The molecule has 0 saturated carbocycles. The first-order valence-electron chi connectivity index (χ1n) is 12.4. The first-order chi connectivity index (χ1) is 16.2. The Hall–Kier alpha value is -2.40. The highest BCUT2D eigenvalue weighted by molar-refractivity contribution is 6.61. The maximum atomic E-state index is 13.1. The third-order valence-electron chi connectivity index (χ3n) is 6.71. The van der Waals surface area contributed by atoms with Crippen molar-refractivity contribution in [3.63, 3.8) is 0 Å². The van der Waals surface area contributed by atoms with Gasteiger partial charge in [0.25, 0.3) is 0 Å². The second kappa shape index (κ2) is 10.3. The van der Waals surface area contributed by atoms with E-state index in [9.17, 15) is 9.59 Å². The van der Waals surface area contributed by atoms with Crippen molar-refractivity contribution >= 4 is 30.5 Å². The molecular formula is C24H40BN5O5. The SMILES string of the molecule is CC(NC(=O)OC(C)(C)C)C(=O)N1CCCCC1CNc1ncc(B2OC(C)(C)C(C)(C)O2)cn1. The molecule has 11 heteroatoms. The summed E-state index contributed by atoms with van der Waals surface area (Å²) in [4.78, 5) is 35.9. The maximum Gasteiger partial charge on any atom is 0.498 e. The van der Waals surface area contributed by atoms with Crippen LogP contribution in [0.25, 0.3) is 0 Å². The largest absolute Gasteiger partial charge is 0.498 e. The number of carbonyl (C=O) groups excluding carboxylic acids is 2. The van der Waals surface area contributed by atoms with E-state index in [1.165, 1.54) is 0 Å². The van der Waals surface area contributed by atoms with E-state index in [2.05, 4.69) is 20.6 Å². The second-order valence-electron chi connectivity index (χ2n) is 11.4. The topological polar surface area (TPSA) is 115 Å². The Morgan fingerprint density at radius 3 is 2.34 bits per heavy atom. The number of aromatic nitrogens is 2. The molecule has 0 bridgehead atoms. The molecule has 0 aliphatic carbocycles. The molecule has 0 spiro atoms. The molecule has 2 saturated heterocycles. The van der Waals surface area contributed by atoms with E-state index >= 15 is 0 Å². The van der Waals surface area contributed by atoms with Crippen LogP contribution in [0.15, 0.2) is 12.4 Å². The minimum Gasteiger partial charge on any atom is -0.444 e. The van der Waals surface area contributed by atoms with Gasteiger partial charge < -0.3 is 29.6 Å². The molecule has 2 aliphatic heterocycles. The zero-order valence-corrected chi connectivity index (χ0v) is 22.3. The smallest absolute Gasteiger partial charge is 0.444 e. The Kier molecular flexibility index (Phi) is 8.01. The number of ether oxygens (including phenoxy) is 1. The summed E-state index contributed by atoms with van der Waals surface area (Å²) >= 11 is 0. The fourth-order valence-electron chi connectivity index (χ4n) is 4.04. The van der Waals surface area contributed by atoms with Crippen LogP contribution in [0.2, 0.25) is 0 Å². The zero-order chi connectivity index (χ0) is 26.0. The number of anilines is 1. The molecule has 194 valence electrons. The lowest BCUT2D eigenvalue weighted by Crippen LogP contribution is -2.54. The summed E-state index contributed by atoms with van der Waals surface area (Å²) in [7, 11) is -0.514. The van der Waals surface area contributed by atoms with Gasteiger partial charge in [-0.15, -0.1) is 0 Å². The highest BCUT2D eigenvalue weighted by atomic mass is 16.7. The number of amides is 2. The molecule has 10 nitrogen and oxygen atoms in total. The summed E-state index contributed by atoms with van der Waals surface area (Å²) < 4.78 is 17.4. The van der Waals surface area contributed by atoms with E-state index in [0.717, 1.165) is 24.7 Å². The number of piperidine rings is 1.